The molecule has 0 unspecified atom stereocenters. The zero-order valence-corrected chi connectivity index (χ0v) is 14.2. The molecule has 1 saturated heterocycles. The Morgan fingerprint density at radius 1 is 1.14 bits per heavy atom. The van der Waals surface area contributed by atoms with Gasteiger partial charge in [0.2, 0.25) is 0 Å². The summed E-state index contributed by atoms with van der Waals surface area (Å²) in [6, 6.07) is 10.5. The van der Waals surface area contributed by atoms with E-state index in [-0.39, 0.29) is 9.80 Å². The van der Waals surface area contributed by atoms with E-state index in [1.165, 1.54) is 31.2 Å². The normalized spacial score (nSPS) is 37.5. The highest BCUT2D eigenvalue weighted by molar-refractivity contribution is 8.26. The molecular weight excluding hydrogens is 298 g/mol. The van der Waals surface area contributed by atoms with Crippen LogP contribution in [0.4, 0.5) is 0 Å². The summed E-state index contributed by atoms with van der Waals surface area (Å²) >= 11 is 3.87. The van der Waals surface area contributed by atoms with E-state index in [0.29, 0.717) is 11.4 Å². The van der Waals surface area contributed by atoms with Crippen LogP contribution in [-0.4, -0.2) is 26.2 Å². The van der Waals surface area contributed by atoms with Crippen molar-refractivity contribution in [2.24, 2.45) is 4.99 Å². The van der Waals surface area contributed by atoms with Crippen molar-refractivity contribution in [3.8, 4) is 0 Å². The van der Waals surface area contributed by atoms with Gasteiger partial charge in [0.1, 0.15) is 10.6 Å². The average Bonchev–Trinajstić information content (AvgIpc) is 2.98. The van der Waals surface area contributed by atoms with E-state index in [9.17, 15) is 0 Å². The molecule has 0 radical (unpaired) electrons. The Balaban J connectivity index is 1.64. The van der Waals surface area contributed by atoms with Crippen LogP contribution in [0.1, 0.15) is 45.1 Å². The fourth-order valence-electron chi connectivity index (χ4n) is 3.40. The molecule has 0 N–H and O–H groups in total. The lowest BCUT2D eigenvalue weighted by Crippen LogP contribution is -2.40. The van der Waals surface area contributed by atoms with Crippen LogP contribution in [0, 0.1) is 0 Å². The highest BCUT2D eigenvalue weighted by atomic mass is 32.2. The number of benzene rings is 1. The summed E-state index contributed by atoms with van der Waals surface area (Å²) < 4.78 is 6.37. The number of nitrogens with zero attached hydrogens (tertiary/aromatic N) is 1. The maximum Gasteiger partial charge on any atom is 0.191 e. The van der Waals surface area contributed by atoms with Gasteiger partial charge in [-0.25, -0.2) is 0 Å². The lowest BCUT2D eigenvalue weighted by Gasteiger charge is -2.33. The van der Waals surface area contributed by atoms with E-state index in [1.54, 1.807) is 0 Å². The van der Waals surface area contributed by atoms with E-state index >= 15 is 0 Å². The van der Waals surface area contributed by atoms with Gasteiger partial charge in [0.15, 0.2) is 4.27 Å². The van der Waals surface area contributed by atoms with Gasteiger partial charge in [0.05, 0.1) is 6.10 Å². The summed E-state index contributed by atoms with van der Waals surface area (Å²) in [5.74, 6) is 0. The van der Waals surface area contributed by atoms with Gasteiger partial charge in [-0.1, -0.05) is 54.9 Å². The standard InChI is InChI=1S/C17H21NOS2/c1-16(2)17(19-13-10-6-7-11-14(13)20-17)21-15(18-16)12-8-4-3-5-9-12/h3-5,8-9,13-14H,6-7,10-11H2,1-2H3/t13-,14-,17-/m0/s1. The first kappa shape index (κ1) is 14.2. The van der Waals surface area contributed by atoms with Crippen molar-refractivity contribution in [2.75, 3.05) is 0 Å². The Bertz CT molecular complexity index is 555. The zero-order chi connectivity index (χ0) is 14.5. The monoisotopic (exact) mass is 319 g/mol. The zero-order valence-electron chi connectivity index (χ0n) is 12.5. The maximum absolute atomic E-state index is 6.59. The van der Waals surface area contributed by atoms with Crippen molar-refractivity contribution in [1.29, 1.82) is 0 Å². The third-order valence-electron chi connectivity index (χ3n) is 4.64. The molecule has 2 fully saturated rings. The molecule has 3 aliphatic rings. The summed E-state index contributed by atoms with van der Waals surface area (Å²) in [5.41, 5.74) is 1.04. The van der Waals surface area contributed by atoms with E-state index in [1.807, 2.05) is 23.5 Å². The molecule has 0 bridgehead atoms. The average molecular weight is 319 g/mol. The topological polar surface area (TPSA) is 21.6 Å². The van der Waals surface area contributed by atoms with Crippen LogP contribution in [0.15, 0.2) is 35.3 Å². The summed E-state index contributed by atoms with van der Waals surface area (Å²) in [4.78, 5) is 5.02. The Labute approximate surface area is 135 Å². The third kappa shape index (κ3) is 2.27. The Morgan fingerprint density at radius 2 is 1.90 bits per heavy atom. The van der Waals surface area contributed by atoms with Crippen LogP contribution in [0.3, 0.4) is 0 Å². The number of fused-ring (bicyclic) bond motifs is 1. The first-order valence-corrected chi connectivity index (χ1v) is 9.49. The fourth-order valence-corrected chi connectivity index (χ4v) is 6.99. The number of rotatable bonds is 1. The molecule has 4 heteroatoms. The fraction of sp³-hybridized carbons (Fsp3) is 0.588. The van der Waals surface area contributed by atoms with Gasteiger partial charge >= 0.3 is 0 Å². The smallest absolute Gasteiger partial charge is 0.191 e. The Morgan fingerprint density at radius 3 is 2.67 bits per heavy atom. The molecule has 0 amide bonds. The van der Waals surface area contributed by atoms with Gasteiger partial charge in [0.25, 0.3) is 0 Å². The minimum atomic E-state index is -0.224. The number of thioether (sulfide) groups is 2. The second-order valence-electron chi connectivity index (χ2n) is 6.60. The summed E-state index contributed by atoms with van der Waals surface area (Å²) in [6.45, 7) is 4.44. The van der Waals surface area contributed by atoms with E-state index < -0.39 is 0 Å². The molecule has 2 heterocycles. The lowest BCUT2D eigenvalue weighted by molar-refractivity contribution is -0.00575. The van der Waals surface area contributed by atoms with Gasteiger partial charge in [-0.3, -0.25) is 4.99 Å². The van der Waals surface area contributed by atoms with Crippen molar-refractivity contribution in [1.82, 2.24) is 0 Å². The summed E-state index contributed by atoms with van der Waals surface area (Å²) in [5, 5.41) is 1.79. The van der Waals surface area contributed by atoms with Gasteiger partial charge < -0.3 is 4.74 Å². The van der Waals surface area contributed by atoms with Crippen LogP contribution in [-0.2, 0) is 4.74 Å². The van der Waals surface area contributed by atoms with Gasteiger partial charge in [-0.05, 0) is 26.7 Å². The van der Waals surface area contributed by atoms with Crippen LogP contribution >= 0.6 is 23.5 Å². The second kappa shape index (κ2) is 5.04. The molecule has 4 rings (SSSR count). The predicted molar refractivity (Wildman–Crippen MR) is 92.1 cm³/mol. The van der Waals surface area contributed by atoms with Crippen LogP contribution in [0.2, 0.25) is 0 Å². The van der Waals surface area contributed by atoms with Crippen molar-refractivity contribution >= 4 is 28.6 Å². The largest absolute Gasteiger partial charge is 0.348 e. The van der Waals surface area contributed by atoms with Crippen LogP contribution < -0.4 is 0 Å². The molecule has 1 saturated carbocycles. The van der Waals surface area contributed by atoms with Gasteiger partial charge in [-0.15, -0.1) is 11.8 Å². The van der Waals surface area contributed by atoms with Crippen molar-refractivity contribution in [3.05, 3.63) is 35.9 Å². The molecule has 112 valence electrons. The highest BCUT2D eigenvalue weighted by Gasteiger charge is 2.60. The van der Waals surface area contributed by atoms with Crippen LogP contribution in [0.25, 0.3) is 0 Å². The van der Waals surface area contributed by atoms with E-state index in [0.717, 1.165) is 5.04 Å². The van der Waals surface area contributed by atoms with E-state index in [4.69, 9.17) is 9.73 Å². The quantitative estimate of drug-likeness (QED) is 0.749. The van der Waals surface area contributed by atoms with Crippen molar-refractivity contribution < 1.29 is 4.74 Å². The maximum atomic E-state index is 6.59. The molecule has 0 aromatic heterocycles. The molecule has 2 aliphatic heterocycles. The number of ether oxygens (including phenoxy) is 1. The van der Waals surface area contributed by atoms with Crippen molar-refractivity contribution in [3.63, 3.8) is 0 Å². The predicted octanol–water partition coefficient (Wildman–Crippen LogP) is 4.69. The van der Waals surface area contributed by atoms with Crippen LogP contribution in [0.5, 0.6) is 0 Å². The molecule has 1 spiro atoms. The molecule has 1 aliphatic carbocycles. The molecule has 1 aromatic rings. The molecular formula is C17H21NOS2. The Kier molecular flexibility index (Phi) is 3.40. The molecule has 1 aromatic carbocycles. The minimum Gasteiger partial charge on any atom is -0.348 e. The number of aliphatic imine (C=N–C) groups is 1. The van der Waals surface area contributed by atoms with Gasteiger partial charge in [0, 0.05) is 10.8 Å². The lowest BCUT2D eigenvalue weighted by atomic mass is 9.97. The molecule has 3 atom stereocenters. The first-order chi connectivity index (χ1) is 10.1. The SMILES string of the molecule is CC1(C)N=C(c2ccccc2)S[C@]12O[C@H]1CCCC[C@@H]1S2. The number of hydrogen-bond acceptors (Lipinski definition) is 4. The summed E-state index contributed by atoms with van der Waals surface area (Å²) in [6.07, 6.45) is 5.62. The molecule has 21 heavy (non-hydrogen) atoms. The highest BCUT2D eigenvalue weighted by Crippen LogP contribution is 2.62. The van der Waals surface area contributed by atoms with Crippen molar-refractivity contribution in [2.45, 2.75) is 60.7 Å². The van der Waals surface area contributed by atoms with E-state index in [2.05, 4.69) is 44.2 Å². The Hall–Kier alpha value is -0.450. The minimum absolute atomic E-state index is 0.176. The first-order valence-electron chi connectivity index (χ1n) is 7.80. The third-order valence-corrected chi connectivity index (χ3v) is 8.31. The summed E-state index contributed by atoms with van der Waals surface area (Å²) in [7, 11) is 0. The molecule has 2 nitrogen and oxygen atoms in total. The number of hydrogen-bond donors (Lipinski definition) is 0. The van der Waals surface area contributed by atoms with Gasteiger partial charge in [-0.2, -0.15) is 0 Å². The second-order valence-corrected chi connectivity index (χ2v) is 9.44.